The second-order valence-electron chi connectivity index (χ2n) is 5.91. The van der Waals surface area contributed by atoms with Crippen LogP contribution in [0.5, 0.6) is 5.75 Å². The topological polar surface area (TPSA) is 41.6 Å². The first-order valence-corrected chi connectivity index (χ1v) is 8.44. The zero-order chi connectivity index (χ0) is 15.9. The summed E-state index contributed by atoms with van der Waals surface area (Å²) in [7, 11) is 0. The average Bonchev–Trinajstić information content (AvgIpc) is 2.88. The molecule has 1 N–H and O–H groups in total. The number of hydrogen-bond acceptors (Lipinski definition) is 3. The molecule has 0 radical (unpaired) electrons. The van der Waals surface area contributed by atoms with Crippen molar-refractivity contribution in [1.82, 2.24) is 10.2 Å². The lowest BCUT2D eigenvalue weighted by atomic mass is 10.1. The van der Waals surface area contributed by atoms with E-state index in [9.17, 15) is 4.79 Å². The average molecular weight is 312 g/mol. The van der Waals surface area contributed by atoms with Crippen molar-refractivity contribution in [2.24, 2.45) is 0 Å². The number of hydrogen-bond donors (Lipinski definition) is 1. The van der Waals surface area contributed by atoms with Gasteiger partial charge in [0.15, 0.2) is 0 Å². The molecule has 1 aliphatic rings. The highest BCUT2D eigenvalue weighted by Gasteiger charge is 2.14. The minimum atomic E-state index is 0.246. The Morgan fingerprint density at radius 1 is 1.09 bits per heavy atom. The maximum atomic E-state index is 12.2. The summed E-state index contributed by atoms with van der Waals surface area (Å²) in [5.41, 5.74) is 0. The van der Waals surface area contributed by atoms with Crippen molar-refractivity contribution in [2.75, 3.05) is 32.8 Å². The molecule has 1 heterocycles. The van der Waals surface area contributed by atoms with Gasteiger partial charge in [0.1, 0.15) is 5.75 Å². The summed E-state index contributed by atoms with van der Waals surface area (Å²) in [4.78, 5) is 14.2. The molecule has 3 rings (SSSR count). The Labute approximate surface area is 137 Å². The fraction of sp³-hybridized carbons (Fsp3) is 0.421. The second kappa shape index (κ2) is 7.97. The lowest BCUT2D eigenvalue weighted by Gasteiger charge is -2.19. The van der Waals surface area contributed by atoms with E-state index in [2.05, 4.69) is 23.5 Å². The van der Waals surface area contributed by atoms with E-state index in [-0.39, 0.29) is 5.91 Å². The maximum absolute atomic E-state index is 12.2. The Kier molecular flexibility index (Phi) is 5.48. The standard InChI is InChI=1S/C19H24N2O2/c22-19(21-13-5-11-20-12-14-21)10-4-15-23-18-9-3-7-16-6-1-2-8-17(16)18/h1-3,6-9,20H,4-5,10-15H2. The number of amides is 1. The van der Waals surface area contributed by atoms with Gasteiger partial charge in [-0.3, -0.25) is 4.79 Å². The summed E-state index contributed by atoms with van der Waals surface area (Å²) in [5, 5.41) is 5.62. The Morgan fingerprint density at radius 3 is 2.91 bits per heavy atom. The predicted molar refractivity (Wildman–Crippen MR) is 92.7 cm³/mol. The normalized spacial score (nSPS) is 15.4. The minimum Gasteiger partial charge on any atom is -0.493 e. The van der Waals surface area contributed by atoms with E-state index in [1.165, 1.54) is 5.39 Å². The van der Waals surface area contributed by atoms with Crippen molar-refractivity contribution in [1.29, 1.82) is 0 Å². The third kappa shape index (κ3) is 4.23. The fourth-order valence-corrected chi connectivity index (χ4v) is 2.98. The van der Waals surface area contributed by atoms with Gasteiger partial charge in [0, 0.05) is 31.4 Å². The van der Waals surface area contributed by atoms with E-state index in [1.54, 1.807) is 0 Å². The molecule has 0 saturated carbocycles. The van der Waals surface area contributed by atoms with Crippen LogP contribution in [0.25, 0.3) is 10.8 Å². The third-order valence-corrected chi connectivity index (χ3v) is 4.23. The highest BCUT2D eigenvalue weighted by Crippen LogP contribution is 2.25. The van der Waals surface area contributed by atoms with Crippen molar-refractivity contribution >= 4 is 16.7 Å². The van der Waals surface area contributed by atoms with E-state index in [0.717, 1.165) is 50.2 Å². The van der Waals surface area contributed by atoms with Crippen LogP contribution in [0.4, 0.5) is 0 Å². The first-order valence-electron chi connectivity index (χ1n) is 8.44. The quantitative estimate of drug-likeness (QED) is 0.863. The van der Waals surface area contributed by atoms with Gasteiger partial charge >= 0.3 is 0 Å². The predicted octanol–water partition coefficient (Wildman–Crippen LogP) is 2.82. The van der Waals surface area contributed by atoms with Gasteiger partial charge < -0.3 is 15.0 Å². The molecule has 23 heavy (non-hydrogen) atoms. The minimum absolute atomic E-state index is 0.246. The molecule has 122 valence electrons. The molecule has 4 heteroatoms. The lowest BCUT2D eigenvalue weighted by Crippen LogP contribution is -2.34. The first kappa shape index (κ1) is 15.8. The zero-order valence-corrected chi connectivity index (χ0v) is 13.5. The Balaban J connectivity index is 1.48. The highest BCUT2D eigenvalue weighted by molar-refractivity contribution is 5.88. The zero-order valence-electron chi connectivity index (χ0n) is 13.5. The third-order valence-electron chi connectivity index (χ3n) is 4.23. The molecule has 2 aromatic rings. The molecule has 1 amide bonds. The van der Waals surface area contributed by atoms with Crippen molar-refractivity contribution < 1.29 is 9.53 Å². The van der Waals surface area contributed by atoms with Crippen LogP contribution < -0.4 is 10.1 Å². The smallest absolute Gasteiger partial charge is 0.222 e. The van der Waals surface area contributed by atoms with Crippen molar-refractivity contribution in [3.63, 3.8) is 0 Å². The van der Waals surface area contributed by atoms with Crippen LogP contribution in [0, 0.1) is 0 Å². The number of ether oxygens (including phenoxy) is 1. The van der Waals surface area contributed by atoms with E-state index in [1.807, 2.05) is 29.2 Å². The van der Waals surface area contributed by atoms with Gasteiger partial charge in [-0.05, 0) is 30.8 Å². The largest absolute Gasteiger partial charge is 0.493 e. The lowest BCUT2D eigenvalue weighted by molar-refractivity contribution is -0.131. The van der Waals surface area contributed by atoms with E-state index >= 15 is 0 Å². The number of carbonyl (C=O) groups excluding carboxylic acids is 1. The number of fused-ring (bicyclic) bond motifs is 1. The summed E-state index contributed by atoms with van der Waals surface area (Å²) in [6.07, 6.45) is 2.36. The van der Waals surface area contributed by atoms with Crippen LogP contribution in [0.15, 0.2) is 42.5 Å². The van der Waals surface area contributed by atoms with Gasteiger partial charge in [-0.15, -0.1) is 0 Å². The first-order chi connectivity index (χ1) is 11.3. The van der Waals surface area contributed by atoms with Crippen LogP contribution >= 0.6 is 0 Å². The molecule has 4 nitrogen and oxygen atoms in total. The van der Waals surface area contributed by atoms with E-state index in [4.69, 9.17) is 4.74 Å². The van der Waals surface area contributed by atoms with Gasteiger partial charge in [-0.25, -0.2) is 0 Å². The second-order valence-corrected chi connectivity index (χ2v) is 5.91. The molecule has 2 aromatic carbocycles. The molecule has 0 aliphatic carbocycles. The van der Waals surface area contributed by atoms with E-state index < -0.39 is 0 Å². The number of rotatable bonds is 5. The molecule has 1 saturated heterocycles. The van der Waals surface area contributed by atoms with Crippen LogP contribution in [-0.4, -0.2) is 43.6 Å². The molecule has 0 bridgehead atoms. The summed E-state index contributed by atoms with van der Waals surface area (Å²) in [6, 6.07) is 14.3. The maximum Gasteiger partial charge on any atom is 0.222 e. The van der Waals surface area contributed by atoms with Gasteiger partial charge in [0.25, 0.3) is 0 Å². The summed E-state index contributed by atoms with van der Waals surface area (Å²) >= 11 is 0. The van der Waals surface area contributed by atoms with Crippen LogP contribution in [0.3, 0.4) is 0 Å². The molecule has 0 spiro atoms. The van der Waals surface area contributed by atoms with Gasteiger partial charge in [-0.2, -0.15) is 0 Å². The Hall–Kier alpha value is -2.07. The van der Waals surface area contributed by atoms with Crippen LogP contribution in [-0.2, 0) is 4.79 Å². The molecule has 1 fully saturated rings. The van der Waals surface area contributed by atoms with Gasteiger partial charge in [0.05, 0.1) is 6.61 Å². The number of benzene rings is 2. The van der Waals surface area contributed by atoms with Crippen molar-refractivity contribution in [3.05, 3.63) is 42.5 Å². The molecule has 0 atom stereocenters. The van der Waals surface area contributed by atoms with E-state index in [0.29, 0.717) is 13.0 Å². The number of nitrogens with zero attached hydrogens (tertiary/aromatic N) is 1. The molecule has 1 aliphatic heterocycles. The molecular weight excluding hydrogens is 288 g/mol. The van der Waals surface area contributed by atoms with Crippen molar-refractivity contribution in [2.45, 2.75) is 19.3 Å². The Bertz CT molecular complexity index is 643. The highest BCUT2D eigenvalue weighted by atomic mass is 16.5. The van der Waals surface area contributed by atoms with Gasteiger partial charge in [-0.1, -0.05) is 36.4 Å². The summed E-state index contributed by atoms with van der Waals surface area (Å²) < 4.78 is 5.90. The summed E-state index contributed by atoms with van der Waals surface area (Å²) in [5.74, 6) is 1.14. The molecule has 0 unspecified atom stereocenters. The van der Waals surface area contributed by atoms with Crippen molar-refractivity contribution in [3.8, 4) is 5.75 Å². The molecular formula is C19H24N2O2. The monoisotopic (exact) mass is 312 g/mol. The van der Waals surface area contributed by atoms with Crippen LogP contribution in [0.2, 0.25) is 0 Å². The summed E-state index contributed by atoms with van der Waals surface area (Å²) in [6.45, 7) is 4.18. The Morgan fingerprint density at radius 2 is 1.96 bits per heavy atom. The number of nitrogens with one attached hydrogen (secondary N) is 1. The fourth-order valence-electron chi connectivity index (χ4n) is 2.98. The number of carbonyl (C=O) groups is 1. The SMILES string of the molecule is O=C(CCCOc1cccc2ccccc12)N1CCCNCC1. The van der Waals surface area contributed by atoms with Gasteiger partial charge in [0.2, 0.25) is 5.91 Å². The molecule has 0 aromatic heterocycles. The van der Waals surface area contributed by atoms with Crippen LogP contribution in [0.1, 0.15) is 19.3 Å².